The Balaban J connectivity index is 4.33. The van der Waals surface area contributed by atoms with Gasteiger partial charge in [-0.25, -0.2) is 0 Å². The Kier molecular flexibility index (Phi) is 6.20. The smallest absolute Gasteiger partial charge is 0.0514 e. The van der Waals surface area contributed by atoms with E-state index < -0.39 is 0 Å². The third-order valence-corrected chi connectivity index (χ3v) is 5.04. The molecule has 0 radical (unpaired) electrons. The second-order valence-electron chi connectivity index (χ2n) is 4.56. The minimum atomic E-state index is -0.298. The topological polar surface area (TPSA) is 12.5 Å². The van der Waals surface area contributed by atoms with Crippen molar-refractivity contribution in [3.05, 3.63) is 0 Å². The number of hydrogen-bond acceptors (Lipinski definition) is 2. The summed E-state index contributed by atoms with van der Waals surface area (Å²) in [7, 11) is 1.89. The standard InChI is InChI=1S/C11H26NOP/c1-8-13-14(9-2)10(3)12(7)11(4,5)6/h10H,8-9H2,1-7H3. The zero-order valence-electron chi connectivity index (χ0n) is 10.8. The largest absolute Gasteiger partial charge is 0.358 e. The molecular weight excluding hydrogens is 193 g/mol. The van der Waals surface area contributed by atoms with Crippen LogP contribution in [0.5, 0.6) is 0 Å². The molecule has 0 aliphatic heterocycles. The molecule has 0 aromatic rings. The molecule has 0 amide bonds. The third kappa shape index (κ3) is 4.25. The van der Waals surface area contributed by atoms with E-state index in [1.165, 1.54) is 0 Å². The van der Waals surface area contributed by atoms with Crippen molar-refractivity contribution in [2.45, 2.75) is 52.9 Å². The van der Waals surface area contributed by atoms with Crippen molar-refractivity contribution in [3.8, 4) is 0 Å². The first-order valence-corrected chi connectivity index (χ1v) is 6.98. The van der Waals surface area contributed by atoms with Crippen molar-refractivity contribution in [1.29, 1.82) is 0 Å². The summed E-state index contributed by atoms with van der Waals surface area (Å²) < 4.78 is 5.79. The van der Waals surface area contributed by atoms with Gasteiger partial charge in [0.2, 0.25) is 0 Å². The lowest BCUT2D eigenvalue weighted by Crippen LogP contribution is -2.43. The number of hydrogen-bond donors (Lipinski definition) is 0. The minimum absolute atomic E-state index is 0.228. The molecule has 0 spiro atoms. The quantitative estimate of drug-likeness (QED) is 0.656. The van der Waals surface area contributed by atoms with Crippen LogP contribution in [0.25, 0.3) is 0 Å². The Hall–Kier alpha value is 0.350. The first-order chi connectivity index (χ1) is 6.34. The molecule has 2 unspecified atom stereocenters. The van der Waals surface area contributed by atoms with Gasteiger partial charge in [-0.05, 0) is 47.8 Å². The van der Waals surface area contributed by atoms with Crippen molar-refractivity contribution >= 4 is 8.15 Å². The molecule has 14 heavy (non-hydrogen) atoms. The molecule has 0 bridgehead atoms. The molecule has 0 aliphatic carbocycles. The fourth-order valence-corrected chi connectivity index (χ4v) is 3.37. The van der Waals surface area contributed by atoms with Gasteiger partial charge in [-0.3, -0.25) is 4.90 Å². The Morgan fingerprint density at radius 1 is 1.29 bits per heavy atom. The zero-order chi connectivity index (χ0) is 11.4. The molecule has 0 aromatic carbocycles. The Morgan fingerprint density at radius 3 is 2.07 bits per heavy atom. The molecule has 2 nitrogen and oxygen atoms in total. The Labute approximate surface area is 90.8 Å². The lowest BCUT2D eigenvalue weighted by molar-refractivity contribution is 0.158. The van der Waals surface area contributed by atoms with E-state index in [-0.39, 0.29) is 13.7 Å². The Bertz CT molecular complexity index is 156. The molecule has 0 aromatic heterocycles. The van der Waals surface area contributed by atoms with E-state index >= 15 is 0 Å². The van der Waals surface area contributed by atoms with Gasteiger partial charge in [0.15, 0.2) is 0 Å². The van der Waals surface area contributed by atoms with Crippen LogP contribution in [0.2, 0.25) is 0 Å². The van der Waals surface area contributed by atoms with Crippen LogP contribution in [0, 0.1) is 0 Å². The van der Waals surface area contributed by atoms with E-state index in [2.05, 4.69) is 53.5 Å². The number of nitrogens with zero attached hydrogens (tertiary/aromatic N) is 1. The van der Waals surface area contributed by atoms with Gasteiger partial charge in [-0.15, -0.1) is 0 Å². The average Bonchev–Trinajstić information content (AvgIpc) is 2.10. The summed E-state index contributed by atoms with van der Waals surface area (Å²) in [6.45, 7) is 14.1. The highest BCUT2D eigenvalue weighted by Crippen LogP contribution is 2.44. The van der Waals surface area contributed by atoms with Gasteiger partial charge in [0.25, 0.3) is 0 Å². The first-order valence-electron chi connectivity index (χ1n) is 5.47. The molecule has 0 heterocycles. The van der Waals surface area contributed by atoms with E-state index in [4.69, 9.17) is 4.52 Å². The first kappa shape index (κ1) is 14.3. The molecule has 3 heteroatoms. The second kappa shape index (κ2) is 6.05. The molecule has 0 aliphatic rings. The molecule has 0 saturated heterocycles. The van der Waals surface area contributed by atoms with Crippen LogP contribution in [0.15, 0.2) is 0 Å². The van der Waals surface area contributed by atoms with Crippen LogP contribution in [0.4, 0.5) is 0 Å². The highest BCUT2D eigenvalue weighted by Gasteiger charge is 2.27. The van der Waals surface area contributed by atoms with Crippen molar-refractivity contribution in [2.24, 2.45) is 0 Å². The van der Waals surface area contributed by atoms with Gasteiger partial charge in [-0.2, -0.15) is 0 Å². The maximum absolute atomic E-state index is 5.79. The van der Waals surface area contributed by atoms with Crippen LogP contribution in [-0.2, 0) is 4.52 Å². The van der Waals surface area contributed by atoms with Gasteiger partial charge in [0, 0.05) is 20.3 Å². The highest BCUT2D eigenvalue weighted by atomic mass is 31.1. The van der Waals surface area contributed by atoms with E-state index in [0.717, 1.165) is 12.8 Å². The lowest BCUT2D eigenvalue weighted by atomic mass is 10.1. The summed E-state index contributed by atoms with van der Waals surface area (Å²) in [4.78, 5) is 2.41. The van der Waals surface area contributed by atoms with E-state index in [1.54, 1.807) is 0 Å². The van der Waals surface area contributed by atoms with Crippen molar-refractivity contribution in [2.75, 3.05) is 19.8 Å². The molecule has 2 atom stereocenters. The maximum atomic E-state index is 5.79. The van der Waals surface area contributed by atoms with Crippen LogP contribution >= 0.6 is 8.15 Å². The predicted molar refractivity (Wildman–Crippen MR) is 66.1 cm³/mol. The SMILES string of the molecule is CCOP(CC)C(C)N(C)C(C)(C)C. The minimum Gasteiger partial charge on any atom is -0.358 e. The normalized spacial score (nSPS) is 17.1. The van der Waals surface area contributed by atoms with Crippen molar-refractivity contribution < 1.29 is 4.52 Å². The summed E-state index contributed by atoms with van der Waals surface area (Å²) in [6, 6.07) is 0. The van der Waals surface area contributed by atoms with Gasteiger partial charge < -0.3 is 4.52 Å². The van der Waals surface area contributed by atoms with Gasteiger partial charge >= 0.3 is 0 Å². The predicted octanol–water partition coefficient (Wildman–Crippen LogP) is 3.52. The monoisotopic (exact) mass is 219 g/mol. The molecular formula is C11H26NOP. The lowest BCUT2D eigenvalue weighted by Gasteiger charge is -2.40. The molecule has 86 valence electrons. The molecule has 0 N–H and O–H groups in total. The average molecular weight is 219 g/mol. The summed E-state index contributed by atoms with van der Waals surface area (Å²) in [6.07, 6.45) is 1.14. The van der Waals surface area contributed by atoms with E-state index in [1.807, 2.05) is 0 Å². The summed E-state index contributed by atoms with van der Waals surface area (Å²) in [5.41, 5.74) is 0.228. The van der Waals surface area contributed by atoms with Crippen LogP contribution in [0.1, 0.15) is 41.5 Å². The van der Waals surface area contributed by atoms with Crippen molar-refractivity contribution in [1.82, 2.24) is 4.90 Å². The van der Waals surface area contributed by atoms with Gasteiger partial charge in [0.05, 0.1) is 5.78 Å². The Morgan fingerprint density at radius 2 is 1.79 bits per heavy atom. The molecule has 0 rings (SSSR count). The summed E-state index contributed by atoms with van der Waals surface area (Å²) in [5.74, 6) is 0.537. The fourth-order valence-electron chi connectivity index (χ4n) is 1.38. The third-order valence-electron chi connectivity index (χ3n) is 2.64. The van der Waals surface area contributed by atoms with Gasteiger partial charge in [0.1, 0.15) is 0 Å². The summed E-state index contributed by atoms with van der Waals surface area (Å²) >= 11 is 0. The number of rotatable bonds is 5. The second-order valence-corrected chi connectivity index (χ2v) is 7.04. The molecule has 0 saturated carbocycles. The summed E-state index contributed by atoms with van der Waals surface area (Å²) in [5, 5.41) is 0. The molecule has 0 fully saturated rings. The highest BCUT2D eigenvalue weighted by molar-refractivity contribution is 7.53. The van der Waals surface area contributed by atoms with Crippen LogP contribution in [0.3, 0.4) is 0 Å². The van der Waals surface area contributed by atoms with E-state index in [0.29, 0.717) is 5.78 Å². The zero-order valence-corrected chi connectivity index (χ0v) is 11.7. The fraction of sp³-hybridized carbons (Fsp3) is 1.00. The van der Waals surface area contributed by atoms with Gasteiger partial charge in [-0.1, -0.05) is 6.92 Å². The van der Waals surface area contributed by atoms with Crippen LogP contribution in [-0.4, -0.2) is 36.0 Å². The maximum Gasteiger partial charge on any atom is 0.0514 e. The van der Waals surface area contributed by atoms with E-state index in [9.17, 15) is 0 Å². The van der Waals surface area contributed by atoms with Crippen molar-refractivity contribution in [3.63, 3.8) is 0 Å². The van der Waals surface area contributed by atoms with Crippen LogP contribution < -0.4 is 0 Å².